The molecule has 88 valence electrons. The van der Waals surface area contributed by atoms with E-state index >= 15 is 0 Å². The highest BCUT2D eigenvalue weighted by atomic mass is 79.9. The highest BCUT2D eigenvalue weighted by molar-refractivity contribution is 9.10. The zero-order valence-corrected chi connectivity index (χ0v) is 10.8. The zero-order chi connectivity index (χ0) is 11.7. The van der Waals surface area contributed by atoms with Gasteiger partial charge in [-0.3, -0.25) is 9.88 Å². The smallest absolute Gasteiger partial charge is 0.147 e. The highest BCUT2D eigenvalue weighted by Crippen LogP contribution is 2.15. The van der Waals surface area contributed by atoms with Crippen LogP contribution in [0.4, 0.5) is 0 Å². The lowest BCUT2D eigenvalue weighted by Crippen LogP contribution is -2.33. The average Bonchev–Trinajstić information content (AvgIpc) is 2.76. The Balaban J connectivity index is 1.72. The van der Waals surface area contributed by atoms with Crippen LogP contribution in [-0.2, 0) is 19.6 Å². The van der Waals surface area contributed by atoms with Crippen LogP contribution in [0.25, 0.3) is 0 Å². The quantitative estimate of drug-likeness (QED) is 0.841. The van der Waals surface area contributed by atoms with Crippen molar-refractivity contribution in [2.24, 2.45) is 0 Å². The van der Waals surface area contributed by atoms with Gasteiger partial charge in [0, 0.05) is 36.5 Å². The second-order valence-electron chi connectivity index (χ2n) is 4.16. The van der Waals surface area contributed by atoms with Gasteiger partial charge in [-0.1, -0.05) is 0 Å². The first kappa shape index (κ1) is 10.9. The zero-order valence-electron chi connectivity index (χ0n) is 9.25. The molecule has 0 spiro atoms. The van der Waals surface area contributed by atoms with Crippen molar-refractivity contribution in [1.29, 1.82) is 0 Å². The molecule has 2 aromatic rings. The minimum absolute atomic E-state index is 0.854. The fourth-order valence-electron chi connectivity index (χ4n) is 2.05. The SMILES string of the molecule is Brc1cncc(CN2CCn3cnnc3C2)c1. The molecule has 0 unspecified atom stereocenters. The van der Waals surface area contributed by atoms with Crippen LogP contribution >= 0.6 is 15.9 Å². The topological polar surface area (TPSA) is 46.8 Å². The third-order valence-electron chi connectivity index (χ3n) is 2.89. The van der Waals surface area contributed by atoms with E-state index in [4.69, 9.17) is 0 Å². The summed E-state index contributed by atoms with van der Waals surface area (Å²) in [6.07, 6.45) is 5.51. The molecule has 3 rings (SSSR count). The molecule has 3 heterocycles. The predicted molar refractivity (Wildman–Crippen MR) is 66.1 cm³/mol. The summed E-state index contributed by atoms with van der Waals surface area (Å²) >= 11 is 3.44. The Labute approximate surface area is 108 Å². The van der Waals surface area contributed by atoms with Crippen LogP contribution in [0.15, 0.2) is 29.3 Å². The van der Waals surface area contributed by atoms with E-state index in [2.05, 4.69) is 46.6 Å². The number of fused-ring (bicyclic) bond motifs is 1. The van der Waals surface area contributed by atoms with Crippen molar-refractivity contribution < 1.29 is 0 Å². The van der Waals surface area contributed by atoms with Gasteiger partial charge in [-0.15, -0.1) is 10.2 Å². The molecular formula is C11H12BrN5. The third-order valence-corrected chi connectivity index (χ3v) is 3.32. The van der Waals surface area contributed by atoms with Gasteiger partial charge in [0.1, 0.15) is 12.2 Å². The summed E-state index contributed by atoms with van der Waals surface area (Å²) in [5.41, 5.74) is 1.22. The van der Waals surface area contributed by atoms with E-state index in [0.29, 0.717) is 0 Å². The van der Waals surface area contributed by atoms with E-state index in [1.54, 1.807) is 12.5 Å². The van der Waals surface area contributed by atoms with Gasteiger partial charge in [-0.25, -0.2) is 0 Å². The normalized spacial score (nSPS) is 15.8. The van der Waals surface area contributed by atoms with Gasteiger partial charge in [-0.05, 0) is 27.6 Å². The molecule has 5 nitrogen and oxygen atoms in total. The number of pyridine rings is 1. The summed E-state index contributed by atoms with van der Waals surface area (Å²) in [4.78, 5) is 6.53. The number of nitrogens with zero attached hydrogens (tertiary/aromatic N) is 5. The lowest BCUT2D eigenvalue weighted by Gasteiger charge is -2.26. The molecule has 0 bridgehead atoms. The molecule has 1 aliphatic rings. The molecule has 17 heavy (non-hydrogen) atoms. The van der Waals surface area contributed by atoms with Crippen molar-refractivity contribution in [3.63, 3.8) is 0 Å². The van der Waals surface area contributed by atoms with Crippen LogP contribution in [0.3, 0.4) is 0 Å². The van der Waals surface area contributed by atoms with Crippen molar-refractivity contribution in [1.82, 2.24) is 24.6 Å². The summed E-state index contributed by atoms with van der Waals surface area (Å²) in [5.74, 6) is 1.04. The van der Waals surface area contributed by atoms with Gasteiger partial charge in [0.05, 0.1) is 6.54 Å². The van der Waals surface area contributed by atoms with Gasteiger partial charge < -0.3 is 4.57 Å². The van der Waals surface area contributed by atoms with E-state index in [1.807, 2.05) is 6.20 Å². The molecule has 2 aromatic heterocycles. The number of rotatable bonds is 2. The van der Waals surface area contributed by atoms with Crippen molar-refractivity contribution in [3.05, 3.63) is 40.6 Å². The Morgan fingerprint density at radius 1 is 1.29 bits per heavy atom. The van der Waals surface area contributed by atoms with Gasteiger partial charge in [-0.2, -0.15) is 0 Å². The summed E-state index contributed by atoms with van der Waals surface area (Å²) in [6.45, 7) is 3.74. The van der Waals surface area contributed by atoms with E-state index in [-0.39, 0.29) is 0 Å². The van der Waals surface area contributed by atoms with Gasteiger partial charge in [0.2, 0.25) is 0 Å². The molecule has 0 aromatic carbocycles. The van der Waals surface area contributed by atoms with Crippen LogP contribution < -0.4 is 0 Å². The predicted octanol–water partition coefficient (Wildman–Crippen LogP) is 1.45. The Morgan fingerprint density at radius 2 is 2.24 bits per heavy atom. The second-order valence-corrected chi connectivity index (χ2v) is 5.08. The van der Waals surface area contributed by atoms with Crippen LogP contribution in [-0.4, -0.2) is 31.2 Å². The molecule has 0 saturated carbocycles. The fourth-order valence-corrected chi connectivity index (χ4v) is 2.46. The first-order valence-electron chi connectivity index (χ1n) is 5.50. The molecule has 0 fully saturated rings. The molecule has 6 heteroatoms. The van der Waals surface area contributed by atoms with Gasteiger partial charge in [0.15, 0.2) is 0 Å². The Morgan fingerprint density at radius 3 is 3.12 bits per heavy atom. The van der Waals surface area contributed by atoms with Crippen LogP contribution in [0.5, 0.6) is 0 Å². The Hall–Kier alpha value is -1.27. The largest absolute Gasteiger partial charge is 0.315 e. The number of aromatic nitrogens is 4. The monoisotopic (exact) mass is 293 g/mol. The average molecular weight is 294 g/mol. The molecule has 0 atom stereocenters. The molecule has 0 saturated heterocycles. The lowest BCUT2D eigenvalue weighted by atomic mass is 10.2. The summed E-state index contributed by atoms with van der Waals surface area (Å²) in [5, 5.41) is 8.04. The Kier molecular flexibility index (Phi) is 2.90. The third kappa shape index (κ3) is 2.37. The summed E-state index contributed by atoms with van der Waals surface area (Å²) < 4.78 is 3.13. The first-order valence-corrected chi connectivity index (χ1v) is 6.29. The molecule has 0 aliphatic carbocycles. The maximum Gasteiger partial charge on any atom is 0.147 e. The molecule has 0 amide bonds. The fraction of sp³-hybridized carbons (Fsp3) is 0.364. The minimum Gasteiger partial charge on any atom is -0.315 e. The minimum atomic E-state index is 0.854. The van der Waals surface area contributed by atoms with Crippen LogP contribution in [0.2, 0.25) is 0 Å². The van der Waals surface area contributed by atoms with E-state index < -0.39 is 0 Å². The van der Waals surface area contributed by atoms with E-state index in [0.717, 1.165) is 36.5 Å². The van der Waals surface area contributed by atoms with E-state index in [9.17, 15) is 0 Å². The van der Waals surface area contributed by atoms with Crippen LogP contribution in [0, 0.1) is 0 Å². The van der Waals surface area contributed by atoms with Crippen molar-refractivity contribution >= 4 is 15.9 Å². The first-order chi connectivity index (χ1) is 8.31. The second kappa shape index (κ2) is 4.54. The molecule has 1 aliphatic heterocycles. The van der Waals surface area contributed by atoms with Gasteiger partial charge in [0.25, 0.3) is 0 Å². The molecular weight excluding hydrogens is 282 g/mol. The van der Waals surface area contributed by atoms with Crippen molar-refractivity contribution in [3.8, 4) is 0 Å². The van der Waals surface area contributed by atoms with E-state index in [1.165, 1.54) is 5.56 Å². The maximum absolute atomic E-state index is 4.18. The Bertz CT molecular complexity index is 524. The highest BCUT2D eigenvalue weighted by Gasteiger charge is 2.17. The summed E-state index contributed by atoms with van der Waals surface area (Å²) in [6, 6.07) is 2.10. The van der Waals surface area contributed by atoms with Crippen molar-refractivity contribution in [2.75, 3.05) is 6.54 Å². The standard InChI is InChI=1S/C11H12BrN5/c12-10-3-9(4-13-5-10)6-16-1-2-17-8-14-15-11(17)7-16/h3-5,8H,1-2,6-7H2. The molecule has 0 radical (unpaired) electrons. The van der Waals surface area contributed by atoms with Gasteiger partial charge >= 0.3 is 0 Å². The van der Waals surface area contributed by atoms with Crippen LogP contribution in [0.1, 0.15) is 11.4 Å². The molecule has 0 N–H and O–H groups in total. The summed E-state index contributed by atoms with van der Waals surface area (Å²) in [7, 11) is 0. The number of hydrogen-bond acceptors (Lipinski definition) is 4. The maximum atomic E-state index is 4.18. The number of hydrogen-bond donors (Lipinski definition) is 0. The number of halogens is 1. The van der Waals surface area contributed by atoms with Crippen molar-refractivity contribution in [2.45, 2.75) is 19.6 Å². The lowest BCUT2D eigenvalue weighted by molar-refractivity contribution is 0.208.